The van der Waals surface area contributed by atoms with E-state index in [-0.39, 0.29) is 18.6 Å². The number of rotatable bonds is 5. The fourth-order valence-corrected chi connectivity index (χ4v) is 2.92. The predicted molar refractivity (Wildman–Crippen MR) is 93.7 cm³/mol. The van der Waals surface area contributed by atoms with Crippen molar-refractivity contribution in [3.05, 3.63) is 52.5 Å². The van der Waals surface area contributed by atoms with E-state index in [1.165, 1.54) is 0 Å². The van der Waals surface area contributed by atoms with Gasteiger partial charge in [-0.2, -0.15) is 0 Å². The molecule has 1 heterocycles. The van der Waals surface area contributed by atoms with Gasteiger partial charge in [-0.1, -0.05) is 18.2 Å². The standard InChI is InChI=1S/C18H18BrNO4/c1-12-6-7-15(14(19)8-12)23-11-18(21)20-9-13-10-22-16-4-2-3-5-17(16)24-13/h2-8,13H,9-11H2,1H3,(H,20,21)/t13-/m1/s1. The van der Waals surface area contributed by atoms with Crippen LogP contribution in [0.1, 0.15) is 5.56 Å². The maximum atomic E-state index is 11.9. The molecular weight excluding hydrogens is 374 g/mol. The molecule has 1 atom stereocenters. The topological polar surface area (TPSA) is 56.8 Å². The zero-order chi connectivity index (χ0) is 16.9. The molecule has 1 amide bonds. The van der Waals surface area contributed by atoms with Crippen molar-refractivity contribution in [2.24, 2.45) is 0 Å². The number of carbonyl (C=O) groups is 1. The van der Waals surface area contributed by atoms with Crippen molar-refractivity contribution in [2.75, 3.05) is 19.8 Å². The van der Waals surface area contributed by atoms with E-state index in [1.807, 2.05) is 49.4 Å². The number of benzene rings is 2. The lowest BCUT2D eigenvalue weighted by Crippen LogP contribution is -2.42. The minimum Gasteiger partial charge on any atom is -0.486 e. The first kappa shape index (κ1) is 16.6. The lowest BCUT2D eigenvalue weighted by atomic mass is 10.2. The fraction of sp³-hybridized carbons (Fsp3) is 0.278. The van der Waals surface area contributed by atoms with Gasteiger partial charge in [0.2, 0.25) is 0 Å². The summed E-state index contributed by atoms with van der Waals surface area (Å²) in [5.74, 6) is 1.86. The van der Waals surface area contributed by atoms with Gasteiger partial charge < -0.3 is 19.5 Å². The second-order valence-corrected chi connectivity index (χ2v) is 6.38. The van der Waals surface area contributed by atoms with Gasteiger partial charge in [0.15, 0.2) is 18.1 Å². The molecule has 126 valence electrons. The first-order valence-electron chi connectivity index (χ1n) is 7.66. The Hall–Kier alpha value is -2.21. The molecule has 1 aliphatic rings. The lowest BCUT2D eigenvalue weighted by molar-refractivity contribution is -0.123. The van der Waals surface area contributed by atoms with Gasteiger partial charge in [-0.25, -0.2) is 0 Å². The summed E-state index contributed by atoms with van der Waals surface area (Å²) in [5.41, 5.74) is 1.12. The average molecular weight is 392 g/mol. The van der Waals surface area contributed by atoms with E-state index < -0.39 is 0 Å². The van der Waals surface area contributed by atoms with Crippen LogP contribution in [-0.4, -0.2) is 31.8 Å². The molecule has 0 radical (unpaired) electrons. The number of halogens is 1. The number of hydrogen-bond donors (Lipinski definition) is 1. The van der Waals surface area contributed by atoms with Crippen LogP contribution < -0.4 is 19.5 Å². The Morgan fingerprint density at radius 2 is 2.08 bits per heavy atom. The largest absolute Gasteiger partial charge is 0.486 e. The Bertz CT molecular complexity index is 735. The SMILES string of the molecule is Cc1ccc(OCC(=O)NC[C@@H]2COc3ccccc3O2)c(Br)c1. The zero-order valence-corrected chi connectivity index (χ0v) is 14.8. The highest BCUT2D eigenvalue weighted by molar-refractivity contribution is 9.10. The molecule has 6 heteroatoms. The highest BCUT2D eigenvalue weighted by Crippen LogP contribution is 2.30. The first-order valence-corrected chi connectivity index (χ1v) is 8.45. The van der Waals surface area contributed by atoms with Crippen LogP contribution in [-0.2, 0) is 4.79 Å². The highest BCUT2D eigenvalue weighted by atomic mass is 79.9. The molecule has 0 aromatic heterocycles. The summed E-state index contributed by atoms with van der Waals surface area (Å²) in [6.45, 7) is 2.71. The molecule has 2 aromatic rings. The molecule has 2 aromatic carbocycles. The van der Waals surface area contributed by atoms with Crippen molar-refractivity contribution in [3.63, 3.8) is 0 Å². The van der Waals surface area contributed by atoms with Crippen LogP contribution in [0.4, 0.5) is 0 Å². The van der Waals surface area contributed by atoms with Crippen LogP contribution in [0.5, 0.6) is 17.2 Å². The number of fused-ring (bicyclic) bond motifs is 1. The van der Waals surface area contributed by atoms with Gasteiger partial charge in [-0.3, -0.25) is 4.79 Å². The Labute approximate surface area is 149 Å². The van der Waals surface area contributed by atoms with E-state index in [0.717, 1.165) is 15.8 Å². The van der Waals surface area contributed by atoms with Crippen LogP contribution in [0.3, 0.4) is 0 Å². The van der Waals surface area contributed by atoms with Crippen molar-refractivity contribution in [1.82, 2.24) is 5.32 Å². The maximum Gasteiger partial charge on any atom is 0.258 e. The van der Waals surface area contributed by atoms with Crippen LogP contribution in [0.25, 0.3) is 0 Å². The van der Waals surface area contributed by atoms with Crippen molar-refractivity contribution in [2.45, 2.75) is 13.0 Å². The van der Waals surface area contributed by atoms with E-state index >= 15 is 0 Å². The van der Waals surface area contributed by atoms with E-state index in [1.54, 1.807) is 0 Å². The molecule has 3 rings (SSSR count). The van der Waals surface area contributed by atoms with Crippen molar-refractivity contribution in [1.29, 1.82) is 0 Å². The molecule has 0 unspecified atom stereocenters. The minimum absolute atomic E-state index is 0.0498. The molecule has 0 bridgehead atoms. The van der Waals surface area contributed by atoms with Gasteiger partial charge in [-0.05, 0) is 52.7 Å². The van der Waals surface area contributed by atoms with Gasteiger partial charge in [-0.15, -0.1) is 0 Å². The van der Waals surface area contributed by atoms with Crippen LogP contribution in [0, 0.1) is 6.92 Å². The van der Waals surface area contributed by atoms with Crippen LogP contribution in [0.15, 0.2) is 46.9 Å². The third-order valence-electron chi connectivity index (χ3n) is 3.54. The smallest absolute Gasteiger partial charge is 0.258 e. The fourth-order valence-electron chi connectivity index (χ4n) is 2.31. The number of aryl methyl sites for hydroxylation is 1. The molecule has 0 fully saturated rings. The normalized spacial score (nSPS) is 15.7. The number of carbonyl (C=O) groups excluding carboxylic acids is 1. The molecule has 5 nitrogen and oxygen atoms in total. The summed E-state index contributed by atoms with van der Waals surface area (Å²) >= 11 is 3.42. The van der Waals surface area contributed by atoms with Gasteiger partial charge in [0.1, 0.15) is 18.5 Å². The van der Waals surface area contributed by atoms with E-state index in [9.17, 15) is 4.79 Å². The highest BCUT2D eigenvalue weighted by Gasteiger charge is 2.21. The quantitative estimate of drug-likeness (QED) is 0.850. The molecule has 0 saturated heterocycles. The van der Waals surface area contributed by atoms with Crippen molar-refractivity contribution < 1.29 is 19.0 Å². The van der Waals surface area contributed by atoms with Gasteiger partial charge in [0.05, 0.1) is 11.0 Å². The Morgan fingerprint density at radius 3 is 2.88 bits per heavy atom. The monoisotopic (exact) mass is 391 g/mol. The lowest BCUT2D eigenvalue weighted by Gasteiger charge is -2.26. The third kappa shape index (κ3) is 4.20. The van der Waals surface area contributed by atoms with E-state index in [0.29, 0.717) is 24.7 Å². The van der Waals surface area contributed by atoms with Gasteiger partial charge in [0, 0.05) is 0 Å². The van der Waals surface area contributed by atoms with Crippen molar-refractivity contribution >= 4 is 21.8 Å². The second kappa shape index (κ2) is 7.57. The molecule has 0 aliphatic carbocycles. The zero-order valence-electron chi connectivity index (χ0n) is 13.3. The molecule has 1 aliphatic heterocycles. The second-order valence-electron chi connectivity index (χ2n) is 5.52. The Balaban J connectivity index is 1.45. The molecule has 0 spiro atoms. The van der Waals surface area contributed by atoms with Crippen LogP contribution >= 0.6 is 15.9 Å². The summed E-state index contributed by atoms with van der Waals surface area (Å²) in [5, 5.41) is 2.80. The summed E-state index contributed by atoms with van der Waals surface area (Å²) in [6, 6.07) is 13.2. The van der Waals surface area contributed by atoms with Gasteiger partial charge in [0.25, 0.3) is 5.91 Å². The molecule has 24 heavy (non-hydrogen) atoms. The molecular formula is C18H18BrNO4. The number of amides is 1. The van der Waals surface area contributed by atoms with Crippen LogP contribution in [0.2, 0.25) is 0 Å². The third-order valence-corrected chi connectivity index (χ3v) is 4.16. The number of hydrogen-bond acceptors (Lipinski definition) is 4. The predicted octanol–water partition coefficient (Wildman–Crippen LogP) is 3.09. The summed E-state index contributed by atoms with van der Waals surface area (Å²) in [6.07, 6.45) is -0.213. The van der Waals surface area contributed by atoms with E-state index in [4.69, 9.17) is 14.2 Å². The summed E-state index contributed by atoms with van der Waals surface area (Å²) in [7, 11) is 0. The molecule has 1 N–H and O–H groups in total. The van der Waals surface area contributed by atoms with Gasteiger partial charge >= 0.3 is 0 Å². The number of para-hydroxylation sites is 2. The van der Waals surface area contributed by atoms with E-state index in [2.05, 4.69) is 21.2 Å². The minimum atomic E-state index is -0.213. The Morgan fingerprint density at radius 1 is 1.29 bits per heavy atom. The Kier molecular flexibility index (Phi) is 5.25. The summed E-state index contributed by atoms with van der Waals surface area (Å²) in [4.78, 5) is 11.9. The first-order chi connectivity index (χ1) is 11.6. The number of ether oxygens (including phenoxy) is 3. The molecule has 0 saturated carbocycles. The average Bonchev–Trinajstić information content (AvgIpc) is 2.59. The number of nitrogens with one attached hydrogen (secondary N) is 1. The van der Waals surface area contributed by atoms with Crippen molar-refractivity contribution in [3.8, 4) is 17.2 Å². The summed E-state index contributed by atoms with van der Waals surface area (Å²) < 4.78 is 17.7. The maximum absolute atomic E-state index is 11.9.